The first kappa shape index (κ1) is 19.7. The highest BCUT2D eigenvalue weighted by molar-refractivity contribution is 9.11. The maximum Gasteiger partial charge on any atom is 0.227 e. The van der Waals surface area contributed by atoms with Crippen molar-refractivity contribution in [3.63, 3.8) is 0 Å². The van der Waals surface area contributed by atoms with Crippen molar-refractivity contribution < 1.29 is 14.6 Å². The summed E-state index contributed by atoms with van der Waals surface area (Å²) in [6, 6.07) is 13.2. The molecule has 7 heteroatoms. The second kappa shape index (κ2) is 7.65. The highest BCUT2D eigenvalue weighted by Crippen LogP contribution is 2.40. The third-order valence-corrected chi connectivity index (χ3v) is 6.03. The molecule has 0 atom stereocenters. The number of halogens is 2. The zero-order valence-corrected chi connectivity index (χ0v) is 18.7. The van der Waals surface area contributed by atoms with Crippen LogP contribution in [0, 0.1) is 13.8 Å². The van der Waals surface area contributed by atoms with E-state index in [0.29, 0.717) is 32.7 Å². The number of aromatic nitrogens is 1. The van der Waals surface area contributed by atoms with Gasteiger partial charge < -0.3 is 14.6 Å². The molecule has 0 saturated heterocycles. The van der Waals surface area contributed by atoms with Crippen LogP contribution < -0.4 is 0 Å². The molecule has 29 heavy (non-hydrogen) atoms. The first-order valence-electron chi connectivity index (χ1n) is 8.75. The Morgan fingerprint density at radius 3 is 2.52 bits per heavy atom. The number of hydrogen-bond donors (Lipinski definition) is 2. The van der Waals surface area contributed by atoms with Gasteiger partial charge in [-0.05, 0) is 93.2 Å². The third-order valence-electron chi connectivity index (χ3n) is 4.68. The summed E-state index contributed by atoms with van der Waals surface area (Å²) in [6.07, 6.45) is 1.52. The van der Waals surface area contributed by atoms with Gasteiger partial charge in [0.05, 0.1) is 10.2 Å². The number of benzene rings is 3. The molecule has 0 spiro atoms. The Bertz CT molecular complexity index is 1280. The van der Waals surface area contributed by atoms with Gasteiger partial charge >= 0.3 is 0 Å². The van der Waals surface area contributed by atoms with Gasteiger partial charge in [-0.15, -0.1) is 0 Å². The fourth-order valence-electron chi connectivity index (χ4n) is 2.85. The summed E-state index contributed by atoms with van der Waals surface area (Å²) in [4.78, 5) is 9.01. The molecule has 0 unspecified atom stereocenters. The molecular weight excluding hydrogens is 500 g/mol. The summed E-state index contributed by atoms with van der Waals surface area (Å²) in [6.45, 7) is 4.13. The van der Waals surface area contributed by atoms with E-state index >= 15 is 0 Å². The molecule has 1 heterocycles. The second-order valence-electron chi connectivity index (χ2n) is 6.69. The second-order valence-corrected chi connectivity index (χ2v) is 8.33. The molecule has 0 fully saturated rings. The zero-order chi connectivity index (χ0) is 20.7. The first-order chi connectivity index (χ1) is 13.8. The Morgan fingerprint density at radius 1 is 0.966 bits per heavy atom. The van der Waals surface area contributed by atoms with Gasteiger partial charge in [-0.1, -0.05) is 6.07 Å². The number of phenolic OH excluding ortho intramolecular Hbond substituents is 2. The number of aliphatic imine (C=N–C) groups is 1. The molecule has 0 amide bonds. The standard InChI is InChI=1S/C22H16Br2N2O3/c1-11-3-4-13(7-12(11)2)22-26-17-9-15(5-6-18(17)29-22)25-10-14-8-16(23)21(28)19(24)20(14)27/h3-10,27-28H,1-2H3. The minimum Gasteiger partial charge on any atom is -0.506 e. The Morgan fingerprint density at radius 2 is 1.76 bits per heavy atom. The lowest BCUT2D eigenvalue weighted by Gasteiger charge is -2.06. The van der Waals surface area contributed by atoms with Gasteiger partial charge in [0, 0.05) is 17.3 Å². The van der Waals surface area contributed by atoms with Crippen molar-refractivity contribution in [2.75, 3.05) is 0 Å². The van der Waals surface area contributed by atoms with Crippen LogP contribution in [0.4, 0.5) is 5.69 Å². The molecule has 2 N–H and O–H groups in total. The van der Waals surface area contributed by atoms with E-state index in [1.165, 1.54) is 17.3 Å². The van der Waals surface area contributed by atoms with Crippen molar-refractivity contribution in [2.45, 2.75) is 13.8 Å². The monoisotopic (exact) mass is 514 g/mol. The van der Waals surface area contributed by atoms with Crippen LogP contribution in [0.5, 0.6) is 11.5 Å². The largest absolute Gasteiger partial charge is 0.506 e. The molecule has 3 aromatic carbocycles. The van der Waals surface area contributed by atoms with E-state index in [0.717, 1.165) is 5.56 Å². The van der Waals surface area contributed by atoms with Crippen LogP contribution in [-0.4, -0.2) is 21.4 Å². The van der Waals surface area contributed by atoms with Gasteiger partial charge in [0.15, 0.2) is 5.58 Å². The molecular formula is C22H16Br2N2O3. The molecule has 0 bridgehead atoms. The summed E-state index contributed by atoms with van der Waals surface area (Å²) in [5, 5.41) is 20.0. The number of phenols is 2. The van der Waals surface area contributed by atoms with E-state index in [1.54, 1.807) is 6.07 Å². The molecule has 4 aromatic rings. The first-order valence-corrected chi connectivity index (χ1v) is 10.3. The number of rotatable bonds is 3. The summed E-state index contributed by atoms with van der Waals surface area (Å²) in [7, 11) is 0. The molecule has 0 aliphatic carbocycles. The molecule has 5 nitrogen and oxygen atoms in total. The lowest BCUT2D eigenvalue weighted by atomic mass is 10.1. The quantitative estimate of drug-likeness (QED) is 0.294. The predicted octanol–water partition coefficient (Wildman–Crippen LogP) is 6.80. The van der Waals surface area contributed by atoms with Gasteiger partial charge in [0.25, 0.3) is 0 Å². The predicted molar refractivity (Wildman–Crippen MR) is 121 cm³/mol. The van der Waals surface area contributed by atoms with E-state index in [9.17, 15) is 10.2 Å². The Kier molecular flexibility index (Phi) is 5.19. The third kappa shape index (κ3) is 3.80. The van der Waals surface area contributed by atoms with E-state index in [4.69, 9.17) is 4.42 Å². The number of aryl methyl sites for hydroxylation is 2. The van der Waals surface area contributed by atoms with Crippen molar-refractivity contribution in [2.24, 2.45) is 4.99 Å². The van der Waals surface area contributed by atoms with Crippen LogP contribution in [0.25, 0.3) is 22.6 Å². The fourth-order valence-corrected chi connectivity index (χ4v) is 4.01. The average Bonchev–Trinajstić information content (AvgIpc) is 3.13. The minimum absolute atomic E-state index is 0.0671. The summed E-state index contributed by atoms with van der Waals surface area (Å²) in [5.74, 6) is 0.407. The van der Waals surface area contributed by atoms with Crippen LogP contribution in [-0.2, 0) is 0 Å². The highest BCUT2D eigenvalue weighted by atomic mass is 79.9. The number of oxazole rings is 1. The number of nitrogens with zero attached hydrogens (tertiary/aromatic N) is 2. The van der Waals surface area contributed by atoms with E-state index in [1.807, 2.05) is 24.3 Å². The van der Waals surface area contributed by atoms with Crippen molar-refractivity contribution in [1.82, 2.24) is 4.98 Å². The van der Waals surface area contributed by atoms with Crippen molar-refractivity contribution in [3.05, 3.63) is 68.1 Å². The van der Waals surface area contributed by atoms with Gasteiger partial charge in [0.2, 0.25) is 5.89 Å². The molecule has 0 aliphatic heterocycles. The van der Waals surface area contributed by atoms with E-state index in [2.05, 4.69) is 67.8 Å². The number of fused-ring (bicyclic) bond motifs is 1. The van der Waals surface area contributed by atoms with Gasteiger partial charge in [-0.25, -0.2) is 4.98 Å². The zero-order valence-electron chi connectivity index (χ0n) is 15.6. The Labute approximate surface area is 184 Å². The van der Waals surface area contributed by atoms with Gasteiger partial charge in [0.1, 0.15) is 21.5 Å². The molecule has 0 aliphatic rings. The maximum absolute atomic E-state index is 10.2. The normalized spacial score (nSPS) is 11.6. The average molecular weight is 516 g/mol. The van der Waals surface area contributed by atoms with Gasteiger partial charge in [-0.3, -0.25) is 4.99 Å². The molecule has 0 saturated carbocycles. The molecule has 4 rings (SSSR count). The van der Waals surface area contributed by atoms with Gasteiger partial charge in [-0.2, -0.15) is 0 Å². The van der Waals surface area contributed by atoms with E-state index in [-0.39, 0.29) is 16.0 Å². The number of aromatic hydroxyl groups is 2. The van der Waals surface area contributed by atoms with Crippen LogP contribution in [0.3, 0.4) is 0 Å². The topological polar surface area (TPSA) is 78.9 Å². The van der Waals surface area contributed by atoms with Crippen LogP contribution in [0.1, 0.15) is 16.7 Å². The SMILES string of the molecule is Cc1ccc(-c2nc3cc(N=Cc4cc(Br)c(O)c(Br)c4O)ccc3o2)cc1C. The smallest absolute Gasteiger partial charge is 0.227 e. The molecule has 146 valence electrons. The van der Waals surface area contributed by atoms with Crippen LogP contribution in [0.15, 0.2) is 60.8 Å². The van der Waals surface area contributed by atoms with Crippen molar-refractivity contribution in [1.29, 1.82) is 0 Å². The Balaban J connectivity index is 1.68. The minimum atomic E-state index is -0.0889. The number of hydrogen-bond acceptors (Lipinski definition) is 5. The van der Waals surface area contributed by atoms with Crippen LogP contribution >= 0.6 is 31.9 Å². The molecule has 1 aromatic heterocycles. The lowest BCUT2D eigenvalue weighted by Crippen LogP contribution is -1.85. The maximum atomic E-state index is 10.2. The van der Waals surface area contributed by atoms with Crippen molar-refractivity contribution in [3.8, 4) is 23.0 Å². The Hall–Kier alpha value is -2.64. The lowest BCUT2D eigenvalue weighted by molar-refractivity contribution is 0.442. The summed E-state index contributed by atoms with van der Waals surface area (Å²) < 4.78 is 6.55. The van der Waals surface area contributed by atoms with E-state index < -0.39 is 0 Å². The summed E-state index contributed by atoms with van der Waals surface area (Å²) >= 11 is 6.41. The highest BCUT2D eigenvalue weighted by Gasteiger charge is 2.13. The summed E-state index contributed by atoms with van der Waals surface area (Å²) in [5.41, 5.74) is 5.83. The molecule has 0 radical (unpaired) electrons. The fraction of sp³-hybridized carbons (Fsp3) is 0.0909. The van der Waals surface area contributed by atoms with Crippen molar-refractivity contribution >= 4 is 54.9 Å². The van der Waals surface area contributed by atoms with Crippen LogP contribution in [0.2, 0.25) is 0 Å².